The highest BCUT2D eigenvalue weighted by Gasteiger charge is 2.43. The molecule has 2 aromatic carbocycles. The zero-order chi connectivity index (χ0) is 16.9. The van der Waals surface area contributed by atoms with Gasteiger partial charge < -0.3 is 15.2 Å². The first kappa shape index (κ1) is 15.0. The van der Waals surface area contributed by atoms with Crippen molar-refractivity contribution < 1.29 is 15.0 Å². The Balaban J connectivity index is 1.79. The molecule has 0 atom stereocenters. The van der Waals surface area contributed by atoms with Gasteiger partial charge in [-0.15, -0.1) is 0 Å². The van der Waals surface area contributed by atoms with Crippen LogP contribution >= 0.6 is 0 Å². The summed E-state index contributed by atoms with van der Waals surface area (Å²) in [7, 11) is 0. The SMILES string of the molecule is Cc1cc2[nH]cc(C(=O)O)c2cc1-c1ccc(C2(CO)CC2)cc1. The molecule has 0 unspecified atom stereocenters. The average Bonchev–Trinajstić information content (AvgIpc) is 3.28. The van der Waals surface area contributed by atoms with Crippen LogP contribution in [0.3, 0.4) is 0 Å². The van der Waals surface area contributed by atoms with Crippen molar-refractivity contribution in [2.24, 2.45) is 0 Å². The van der Waals surface area contributed by atoms with Crippen LogP contribution in [0.25, 0.3) is 22.0 Å². The summed E-state index contributed by atoms with van der Waals surface area (Å²) in [5.74, 6) is -0.926. The predicted octanol–water partition coefficient (Wildman–Crippen LogP) is 3.87. The van der Waals surface area contributed by atoms with E-state index in [9.17, 15) is 15.0 Å². The van der Waals surface area contributed by atoms with Gasteiger partial charge in [-0.3, -0.25) is 0 Å². The van der Waals surface area contributed by atoms with Gasteiger partial charge in [-0.25, -0.2) is 4.79 Å². The molecular weight excluding hydrogens is 302 g/mol. The number of aryl methyl sites for hydroxylation is 1. The van der Waals surface area contributed by atoms with Crippen molar-refractivity contribution in [1.82, 2.24) is 4.98 Å². The summed E-state index contributed by atoms with van der Waals surface area (Å²) >= 11 is 0. The standard InChI is InChI=1S/C20H19NO3/c1-12-8-18-16(17(10-21-18)19(23)24)9-15(12)13-2-4-14(5-3-13)20(11-22)6-7-20/h2-5,8-10,21-22H,6-7,11H2,1H3,(H,23,24). The maximum absolute atomic E-state index is 11.4. The van der Waals surface area contributed by atoms with Crippen molar-refractivity contribution in [3.63, 3.8) is 0 Å². The van der Waals surface area contributed by atoms with Crippen molar-refractivity contribution in [2.45, 2.75) is 25.2 Å². The van der Waals surface area contributed by atoms with Crippen molar-refractivity contribution in [3.8, 4) is 11.1 Å². The van der Waals surface area contributed by atoms with E-state index in [0.717, 1.165) is 40.4 Å². The number of hydrogen-bond donors (Lipinski definition) is 3. The summed E-state index contributed by atoms with van der Waals surface area (Å²) < 4.78 is 0. The highest BCUT2D eigenvalue weighted by atomic mass is 16.4. The number of aromatic carboxylic acids is 1. The number of carbonyl (C=O) groups is 1. The fourth-order valence-corrected chi connectivity index (χ4v) is 3.46. The molecule has 1 aliphatic rings. The Labute approximate surface area is 139 Å². The molecule has 1 aliphatic carbocycles. The summed E-state index contributed by atoms with van der Waals surface area (Å²) in [5.41, 5.74) is 5.46. The Kier molecular flexibility index (Phi) is 3.25. The highest BCUT2D eigenvalue weighted by molar-refractivity contribution is 6.04. The number of aliphatic hydroxyl groups excluding tert-OH is 1. The number of H-pyrrole nitrogens is 1. The third-order valence-electron chi connectivity index (χ3n) is 5.22. The lowest BCUT2D eigenvalue weighted by Crippen LogP contribution is -2.11. The molecule has 24 heavy (non-hydrogen) atoms. The molecule has 0 spiro atoms. The van der Waals surface area contributed by atoms with Gasteiger partial charge in [-0.2, -0.15) is 0 Å². The minimum absolute atomic E-state index is 0.0331. The second-order valence-corrected chi connectivity index (χ2v) is 6.74. The lowest BCUT2D eigenvalue weighted by atomic mass is 9.92. The predicted molar refractivity (Wildman–Crippen MR) is 93.4 cm³/mol. The monoisotopic (exact) mass is 321 g/mol. The van der Waals surface area contributed by atoms with E-state index in [2.05, 4.69) is 29.2 Å². The summed E-state index contributed by atoms with van der Waals surface area (Å²) in [6.45, 7) is 2.22. The molecule has 3 aromatic rings. The van der Waals surface area contributed by atoms with Crippen molar-refractivity contribution in [2.75, 3.05) is 6.61 Å². The second-order valence-electron chi connectivity index (χ2n) is 6.74. The highest BCUT2D eigenvalue weighted by Crippen LogP contribution is 2.48. The van der Waals surface area contributed by atoms with Crippen LogP contribution in [0.5, 0.6) is 0 Å². The van der Waals surface area contributed by atoms with E-state index in [1.807, 2.05) is 19.1 Å². The van der Waals surface area contributed by atoms with Crippen LogP contribution in [0.15, 0.2) is 42.6 Å². The molecule has 0 bridgehead atoms. The number of carboxylic acids is 1. The summed E-state index contributed by atoms with van der Waals surface area (Å²) in [5, 5.41) is 19.6. The molecule has 1 fully saturated rings. The zero-order valence-electron chi connectivity index (χ0n) is 13.5. The first-order chi connectivity index (χ1) is 11.5. The minimum Gasteiger partial charge on any atom is -0.478 e. The fraction of sp³-hybridized carbons (Fsp3) is 0.250. The summed E-state index contributed by atoms with van der Waals surface area (Å²) in [4.78, 5) is 14.4. The number of aliphatic hydroxyl groups is 1. The Morgan fingerprint density at radius 2 is 1.92 bits per heavy atom. The number of carboxylic acid groups (broad SMARTS) is 1. The Morgan fingerprint density at radius 1 is 1.21 bits per heavy atom. The molecule has 1 saturated carbocycles. The van der Waals surface area contributed by atoms with Crippen LogP contribution in [0.4, 0.5) is 0 Å². The number of aromatic nitrogens is 1. The topological polar surface area (TPSA) is 73.3 Å². The first-order valence-corrected chi connectivity index (χ1v) is 8.11. The van der Waals surface area contributed by atoms with E-state index in [1.165, 1.54) is 11.8 Å². The molecule has 0 saturated heterocycles. The van der Waals surface area contributed by atoms with E-state index in [-0.39, 0.29) is 12.0 Å². The molecule has 0 radical (unpaired) electrons. The van der Waals surface area contributed by atoms with Gasteiger partial charge in [0.25, 0.3) is 0 Å². The summed E-state index contributed by atoms with van der Waals surface area (Å²) in [6.07, 6.45) is 3.62. The van der Waals surface area contributed by atoms with E-state index >= 15 is 0 Å². The minimum atomic E-state index is -0.926. The molecule has 1 heterocycles. The smallest absolute Gasteiger partial charge is 0.337 e. The van der Waals surface area contributed by atoms with Gasteiger partial charge in [-0.05, 0) is 54.2 Å². The third-order valence-corrected chi connectivity index (χ3v) is 5.22. The van der Waals surface area contributed by atoms with E-state index in [1.54, 1.807) is 0 Å². The van der Waals surface area contributed by atoms with Crippen LogP contribution in [-0.4, -0.2) is 27.8 Å². The average molecular weight is 321 g/mol. The molecule has 4 nitrogen and oxygen atoms in total. The maximum Gasteiger partial charge on any atom is 0.337 e. The maximum atomic E-state index is 11.4. The molecule has 3 N–H and O–H groups in total. The van der Waals surface area contributed by atoms with E-state index < -0.39 is 5.97 Å². The number of rotatable bonds is 4. The van der Waals surface area contributed by atoms with Gasteiger partial charge in [0.2, 0.25) is 0 Å². The normalized spacial score (nSPS) is 15.6. The number of nitrogens with one attached hydrogen (secondary N) is 1. The Bertz CT molecular complexity index is 933. The van der Waals surface area contributed by atoms with Gasteiger partial charge in [0.1, 0.15) is 0 Å². The van der Waals surface area contributed by atoms with Crippen LogP contribution in [0, 0.1) is 6.92 Å². The molecular formula is C20H19NO3. The lowest BCUT2D eigenvalue weighted by Gasteiger charge is -2.13. The first-order valence-electron chi connectivity index (χ1n) is 8.11. The Morgan fingerprint density at radius 3 is 2.50 bits per heavy atom. The fourth-order valence-electron chi connectivity index (χ4n) is 3.46. The molecule has 1 aromatic heterocycles. The van der Waals surface area contributed by atoms with E-state index in [0.29, 0.717) is 5.56 Å². The van der Waals surface area contributed by atoms with Crippen LogP contribution in [0.2, 0.25) is 0 Å². The second kappa shape index (κ2) is 5.21. The molecule has 0 aliphatic heterocycles. The number of hydrogen-bond acceptors (Lipinski definition) is 2. The molecule has 4 rings (SSSR count). The van der Waals surface area contributed by atoms with Gasteiger partial charge in [0.05, 0.1) is 12.2 Å². The number of fused-ring (bicyclic) bond motifs is 1. The summed E-state index contributed by atoms with van der Waals surface area (Å²) in [6, 6.07) is 12.2. The lowest BCUT2D eigenvalue weighted by molar-refractivity contribution is 0.0699. The quantitative estimate of drug-likeness (QED) is 0.683. The third kappa shape index (κ3) is 2.22. The van der Waals surface area contributed by atoms with Gasteiger partial charge >= 0.3 is 5.97 Å². The van der Waals surface area contributed by atoms with Crippen molar-refractivity contribution >= 4 is 16.9 Å². The van der Waals surface area contributed by atoms with Gasteiger partial charge in [0, 0.05) is 22.5 Å². The van der Waals surface area contributed by atoms with Crippen molar-refractivity contribution in [3.05, 3.63) is 59.3 Å². The largest absolute Gasteiger partial charge is 0.478 e. The van der Waals surface area contributed by atoms with Crippen LogP contribution in [-0.2, 0) is 5.41 Å². The molecule has 0 amide bonds. The van der Waals surface area contributed by atoms with Gasteiger partial charge in [0.15, 0.2) is 0 Å². The number of aromatic amines is 1. The van der Waals surface area contributed by atoms with Crippen molar-refractivity contribution in [1.29, 1.82) is 0 Å². The molecule has 122 valence electrons. The Hall–Kier alpha value is -2.59. The molecule has 4 heteroatoms. The van der Waals surface area contributed by atoms with Gasteiger partial charge in [-0.1, -0.05) is 24.3 Å². The van der Waals surface area contributed by atoms with E-state index in [4.69, 9.17) is 0 Å². The van der Waals surface area contributed by atoms with Crippen LogP contribution in [0.1, 0.15) is 34.3 Å². The number of benzene rings is 2. The van der Waals surface area contributed by atoms with Crippen LogP contribution < -0.4 is 0 Å². The zero-order valence-corrected chi connectivity index (χ0v) is 13.5.